The zero-order valence-corrected chi connectivity index (χ0v) is 13.1. The van der Waals surface area contributed by atoms with Crippen LogP contribution < -0.4 is 11.1 Å². The summed E-state index contributed by atoms with van der Waals surface area (Å²) in [6.45, 7) is 5.02. The number of carbonyl (C=O) groups excluding carboxylic acids is 1. The van der Waals surface area contributed by atoms with E-state index in [1.54, 1.807) is 0 Å². The van der Waals surface area contributed by atoms with Gasteiger partial charge in [0.2, 0.25) is 5.91 Å². The standard InChI is InChI=1S/C17H28N2O2/c1-17(2,11-6-12-20)13-19-16(21)10-9-15(18)14-7-4-3-5-8-14/h3-5,7-8,15,20H,6,9-13,18H2,1-2H3,(H,19,21). The average Bonchev–Trinajstić information content (AvgIpc) is 2.49. The van der Waals surface area contributed by atoms with Crippen LogP contribution in [0.1, 0.15) is 51.1 Å². The second-order valence-corrected chi connectivity index (χ2v) is 6.32. The highest BCUT2D eigenvalue weighted by atomic mass is 16.2. The molecule has 0 heterocycles. The molecule has 4 N–H and O–H groups in total. The number of carbonyl (C=O) groups is 1. The molecule has 21 heavy (non-hydrogen) atoms. The minimum atomic E-state index is -0.0978. The lowest BCUT2D eigenvalue weighted by molar-refractivity contribution is -0.121. The lowest BCUT2D eigenvalue weighted by Crippen LogP contribution is -2.34. The van der Waals surface area contributed by atoms with Gasteiger partial charge >= 0.3 is 0 Å². The molecule has 1 unspecified atom stereocenters. The molecule has 0 radical (unpaired) electrons. The maximum atomic E-state index is 11.9. The minimum Gasteiger partial charge on any atom is -0.396 e. The van der Waals surface area contributed by atoms with E-state index in [-0.39, 0.29) is 24.0 Å². The zero-order valence-electron chi connectivity index (χ0n) is 13.1. The molecule has 0 spiro atoms. The van der Waals surface area contributed by atoms with E-state index in [4.69, 9.17) is 10.8 Å². The number of nitrogens with one attached hydrogen (secondary N) is 1. The first kappa shape index (κ1) is 17.7. The highest BCUT2D eigenvalue weighted by Gasteiger charge is 2.18. The van der Waals surface area contributed by atoms with Crippen LogP contribution in [0.2, 0.25) is 0 Å². The normalized spacial score (nSPS) is 13.0. The monoisotopic (exact) mass is 292 g/mol. The third-order valence-corrected chi connectivity index (χ3v) is 3.69. The zero-order chi connectivity index (χ0) is 15.7. The summed E-state index contributed by atoms with van der Waals surface area (Å²) in [7, 11) is 0. The molecule has 0 saturated heterocycles. The van der Waals surface area contributed by atoms with E-state index in [0.717, 1.165) is 18.4 Å². The molecule has 1 amide bonds. The summed E-state index contributed by atoms with van der Waals surface area (Å²) in [6, 6.07) is 9.75. The Kier molecular flexibility index (Phi) is 7.40. The molecule has 0 aliphatic rings. The number of aliphatic hydroxyl groups excluding tert-OH is 1. The van der Waals surface area contributed by atoms with E-state index >= 15 is 0 Å². The minimum absolute atomic E-state index is 0.0138. The lowest BCUT2D eigenvalue weighted by atomic mass is 9.88. The third-order valence-electron chi connectivity index (χ3n) is 3.69. The van der Waals surface area contributed by atoms with Crippen molar-refractivity contribution in [2.24, 2.45) is 11.1 Å². The highest BCUT2D eigenvalue weighted by Crippen LogP contribution is 2.21. The van der Waals surface area contributed by atoms with Crippen molar-refractivity contribution < 1.29 is 9.90 Å². The first-order valence-electron chi connectivity index (χ1n) is 7.63. The van der Waals surface area contributed by atoms with Crippen molar-refractivity contribution in [3.05, 3.63) is 35.9 Å². The Morgan fingerprint density at radius 1 is 1.33 bits per heavy atom. The SMILES string of the molecule is CC(C)(CCCO)CNC(=O)CCC(N)c1ccccc1. The van der Waals surface area contributed by atoms with Crippen molar-refractivity contribution in [1.82, 2.24) is 5.32 Å². The molecule has 0 saturated carbocycles. The van der Waals surface area contributed by atoms with Crippen molar-refractivity contribution in [2.75, 3.05) is 13.2 Å². The molecule has 0 fully saturated rings. The van der Waals surface area contributed by atoms with Crippen LogP contribution in [0, 0.1) is 5.41 Å². The second kappa shape index (κ2) is 8.80. The molecular weight excluding hydrogens is 264 g/mol. The van der Waals surface area contributed by atoms with Crippen molar-refractivity contribution in [1.29, 1.82) is 0 Å². The Morgan fingerprint density at radius 2 is 2.00 bits per heavy atom. The van der Waals surface area contributed by atoms with Gasteiger partial charge in [-0.2, -0.15) is 0 Å². The molecular formula is C17H28N2O2. The predicted molar refractivity (Wildman–Crippen MR) is 85.7 cm³/mol. The van der Waals surface area contributed by atoms with Gasteiger partial charge in [-0.1, -0.05) is 44.2 Å². The quantitative estimate of drug-likeness (QED) is 0.654. The molecule has 0 aliphatic heterocycles. The number of aliphatic hydroxyl groups is 1. The number of rotatable bonds is 9. The topological polar surface area (TPSA) is 75.3 Å². The van der Waals surface area contributed by atoms with Gasteiger partial charge in [-0.05, 0) is 30.2 Å². The summed E-state index contributed by atoms with van der Waals surface area (Å²) in [5, 5.41) is 11.8. The summed E-state index contributed by atoms with van der Waals surface area (Å²) in [5.41, 5.74) is 7.16. The Balaban J connectivity index is 2.28. The molecule has 1 aromatic carbocycles. The first-order valence-corrected chi connectivity index (χ1v) is 7.63. The average molecular weight is 292 g/mol. The van der Waals surface area contributed by atoms with Crippen molar-refractivity contribution >= 4 is 5.91 Å². The molecule has 0 aromatic heterocycles. The van der Waals surface area contributed by atoms with Gasteiger partial charge in [0, 0.05) is 25.6 Å². The number of hydrogen-bond acceptors (Lipinski definition) is 3. The Hall–Kier alpha value is -1.39. The van der Waals surface area contributed by atoms with Gasteiger partial charge in [0.25, 0.3) is 0 Å². The van der Waals surface area contributed by atoms with Gasteiger partial charge < -0.3 is 16.2 Å². The van der Waals surface area contributed by atoms with Crippen molar-refractivity contribution in [3.8, 4) is 0 Å². The van der Waals surface area contributed by atoms with Crippen LogP contribution in [0.3, 0.4) is 0 Å². The van der Waals surface area contributed by atoms with Crippen LogP contribution in [0.15, 0.2) is 30.3 Å². The molecule has 0 aliphatic carbocycles. The molecule has 118 valence electrons. The highest BCUT2D eigenvalue weighted by molar-refractivity contribution is 5.75. The molecule has 4 nitrogen and oxygen atoms in total. The molecule has 1 aromatic rings. The van der Waals surface area contributed by atoms with Crippen LogP contribution >= 0.6 is 0 Å². The maximum Gasteiger partial charge on any atom is 0.220 e. The largest absolute Gasteiger partial charge is 0.396 e. The van der Waals surface area contributed by atoms with E-state index in [2.05, 4.69) is 19.2 Å². The van der Waals surface area contributed by atoms with E-state index in [0.29, 0.717) is 19.4 Å². The van der Waals surface area contributed by atoms with Gasteiger partial charge in [0.05, 0.1) is 0 Å². The first-order chi connectivity index (χ1) is 9.94. The Labute approximate surface area is 127 Å². The molecule has 1 rings (SSSR count). The van der Waals surface area contributed by atoms with Crippen LogP contribution in [-0.4, -0.2) is 24.2 Å². The van der Waals surface area contributed by atoms with Crippen LogP contribution in [-0.2, 0) is 4.79 Å². The fourth-order valence-electron chi connectivity index (χ4n) is 2.23. The number of benzene rings is 1. The maximum absolute atomic E-state index is 11.9. The Morgan fingerprint density at radius 3 is 2.62 bits per heavy atom. The van der Waals surface area contributed by atoms with E-state index in [1.165, 1.54) is 0 Å². The fourth-order valence-corrected chi connectivity index (χ4v) is 2.23. The van der Waals surface area contributed by atoms with Gasteiger partial charge in [-0.3, -0.25) is 4.79 Å². The van der Waals surface area contributed by atoms with Crippen molar-refractivity contribution in [2.45, 2.75) is 45.6 Å². The summed E-state index contributed by atoms with van der Waals surface area (Å²) >= 11 is 0. The smallest absolute Gasteiger partial charge is 0.220 e. The lowest BCUT2D eigenvalue weighted by Gasteiger charge is -2.24. The molecule has 1 atom stereocenters. The summed E-state index contributed by atoms with van der Waals surface area (Å²) < 4.78 is 0. The van der Waals surface area contributed by atoms with Gasteiger partial charge in [0.15, 0.2) is 0 Å². The van der Waals surface area contributed by atoms with E-state index in [1.807, 2.05) is 30.3 Å². The van der Waals surface area contributed by atoms with Crippen LogP contribution in [0.4, 0.5) is 0 Å². The summed E-state index contributed by atoms with van der Waals surface area (Å²) in [4.78, 5) is 11.9. The number of nitrogens with two attached hydrogens (primary N) is 1. The van der Waals surface area contributed by atoms with Gasteiger partial charge in [-0.15, -0.1) is 0 Å². The van der Waals surface area contributed by atoms with Crippen molar-refractivity contribution in [3.63, 3.8) is 0 Å². The summed E-state index contributed by atoms with van der Waals surface area (Å²) in [6.07, 6.45) is 2.74. The van der Waals surface area contributed by atoms with Gasteiger partial charge in [0.1, 0.15) is 0 Å². The Bertz CT molecular complexity index is 418. The van der Waals surface area contributed by atoms with E-state index in [9.17, 15) is 4.79 Å². The van der Waals surface area contributed by atoms with E-state index < -0.39 is 0 Å². The summed E-state index contributed by atoms with van der Waals surface area (Å²) in [5.74, 6) is 0.0402. The van der Waals surface area contributed by atoms with Gasteiger partial charge in [-0.25, -0.2) is 0 Å². The second-order valence-electron chi connectivity index (χ2n) is 6.32. The predicted octanol–water partition coefficient (Wildman–Crippen LogP) is 2.38. The third kappa shape index (κ3) is 7.25. The van der Waals surface area contributed by atoms with Crippen LogP contribution in [0.25, 0.3) is 0 Å². The fraction of sp³-hybridized carbons (Fsp3) is 0.588. The molecule has 4 heteroatoms. The number of amides is 1. The van der Waals surface area contributed by atoms with Crippen LogP contribution in [0.5, 0.6) is 0 Å². The number of hydrogen-bond donors (Lipinski definition) is 3. The molecule has 0 bridgehead atoms.